The Morgan fingerprint density at radius 1 is 0.931 bits per heavy atom. The quantitative estimate of drug-likeness (QED) is 0.725. The largest absolute Gasteiger partial charge is 0.338 e. The number of rotatable bonds is 5. The molecule has 2 fully saturated rings. The summed E-state index contributed by atoms with van der Waals surface area (Å²) >= 11 is 0. The Balaban J connectivity index is 1.15. The van der Waals surface area contributed by atoms with E-state index in [0.29, 0.717) is 18.0 Å². The molecule has 0 N–H and O–H groups in total. The molecule has 0 unspecified atom stereocenters. The fourth-order valence-electron chi connectivity index (χ4n) is 4.30. The monoisotopic (exact) mass is 413 g/mol. The molecule has 152 valence electrons. The molecule has 3 aliphatic rings. The SMILES string of the molecule is O=C1c2ccccc2S(=O)(=O)N1C[C@@H]1C[C@@H]1CN1CCN(c2ncccn2)CC1. The Morgan fingerprint density at radius 3 is 2.34 bits per heavy atom. The van der Waals surface area contributed by atoms with E-state index in [1.54, 1.807) is 30.6 Å². The highest BCUT2D eigenvalue weighted by molar-refractivity contribution is 7.90. The van der Waals surface area contributed by atoms with Crippen LogP contribution in [0.2, 0.25) is 0 Å². The first kappa shape index (κ1) is 18.5. The van der Waals surface area contributed by atoms with Crippen molar-refractivity contribution < 1.29 is 13.2 Å². The third kappa shape index (κ3) is 3.38. The maximum atomic E-state index is 12.7. The van der Waals surface area contributed by atoms with Gasteiger partial charge in [0.1, 0.15) is 4.90 Å². The maximum Gasteiger partial charge on any atom is 0.269 e. The van der Waals surface area contributed by atoms with Crippen molar-refractivity contribution in [1.29, 1.82) is 0 Å². The molecule has 9 heteroatoms. The van der Waals surface area contributed by atoms with Gasteiger partial charge in [0.15, 0.2) is 0 Å². The molecule has 3 heterocycles. The van der Waals surface area contributed by atoms with Crippen molar-refractivity contribution in [3.05, 3.63) is 48.3 Å². The summed E-state index contributed by atoms with van der Waals surface area (Å²) in [6.45, 7) is 4.88. The van der Waals surface area contributed by atoms with Gasteiger partial charge in [0.05, 0.1) is 5.56 Å². The van der Waals surface area contributed by atoms with Crippen LogP contribution in [0.5, 0.6) is 0 Å². The van der Waals surface area contributed by atoms with E-state index in [-0.39, 0.29) is 16.7 Å². The van der Waals surface area contributed by atoms with Gasteiger partial charge in [-0.05, 0) is 36.5 Å². The van der Waals surface area contributed by atoms with Crippen molar-refractivity contribution in [1.82, 2.24) is 19.2 Å². The molecule has 1 aromatic heterocycles. The maximum absolute atomic E-state index is 12.7. The first-order valence-corrected chi connectivity index (χ1v) is 11.4. The summed E-state index contributed by atoms with van der Waals surface area (Å²) in [5.74, 6) is 1.08. The standard InChI is InChI=1S/C20H23N5O3S/c26-19-17-4-1-2-5-18(17)29(27,28)25(19)14-16-12-15(16)13-23-8-10-24(11-9-23)20-21-6-3-7-22-20/h1-7,15-16H,8-14H2/t15-,16+/m1/s1. The van der Waals surface area contributed by atoms with Gasteiger partial charge >= 0.3 is 0 Å². The predicted molar refractivity (Wildman–Crippen MR) is 107 cm³/mol. The van der Waals surface area contributed by atoms with Gasteiger partial charge in [0, 0.05) is 51.7 Å². The van der Waals surface area contributed by atoms with Crippen molar-refractivity contribution in [2.45, 2.75) is 11.3 Å². The number of anilines is 1. The minimum Gasteiger partial charge on any atom is -0.338 e. The lowest BCUT2D eigenvalue weighted by Crippen LogP contribution is -2.47. The third-order valence-corrected chi connectivity index (χ3v) is 7.89. The first-order valence-electron chi connectivity index (χ1n) is 9.94. The average Bonchev–Trinajstić information content (AvgIpc) is 3.46. The Hall–Kier alpha value is -2.52. The van der Waals surface area contributed by atoms with E-state index in [4.69, 9.17) is 0 Å². The number of nitrogens with zero attached hydrogens (tertiary/aromatic N) is 5. The van der Waals surface area contributed by atoms with E-state index in [1.807, 2.05) is 6.07 Å². The van der Waals surface area contributed by atoms with Crippen molar-refractivity contribution in [3.63, 3.8) is 0 Å². The smallest absolute Gasteiger partial charge is 0.269 e. The third-order valence-electron chi connectivity index (χ3n) is 6.08. The lowest BCUT2D eigenvalue weighted by molar-refractivity contribution is 0.0865. The second kappa shape index (κ2) is 7.07. The van der Waals surface area contributed by atoms with Crippen molar-refractivity contribution in [2.24, 2.45) is 11.8 Å². The van der Waals surface area contributed by atoms with Gasteiger partial charge in [-0.25, -0.2) is 22.7 Å². The second-order valence-electron chi connectivity index (χ2n) is 7.93. The Bertz CT molecular complexity index is 1020. The van der Waals surface area contributed by atoms with Crippen LogP contribution >= 0.6 is 0 Å². The number of carbonyl (C=O) groups excluding carboxylic acids is 1. The fourth-order valence-corrected chi connectivity index (χ4v) is 5.92. The van der Waals surface area contributed by atoms with Crippen molar-refractivity contribution in [3.8, 4) is 0 Å². The lowest BCUT2D eigenvalue weighted by Gasteiger charge is -2.34. The number of amides is 1. The predicted octanol–water partition coefficient (Wildman–Crippen LogP) is 1.08. The molecule has 0 radical (unpaired) electrons. The van der Waals surface area contributed by atoms with Gasteiger partial charge in [0.25, 0.3) is 15.9 Å². The minimum atomic E-state index is -3.70. The number of carbonyl (C=O) groups is 1. The zero-order valence-corrected chi connectivity index (χ0v) is 16.8. The van der Waals surface area contributed by atoms with E-state index in [1.165, 1.54) is 6.07 Å². The molecular weight excluding hydrogens is 390 g/mol. The molecule has 2 aromatic rings. The highest BCUT2D eigenvalue weighted by Crippen LogP contribution is 2.42. The number of benzene rings is 1. The molecule has 1 saturated heterocycles. The Morgan fingerprint density at radius 2 is 1.62 bits per heavy atom. The van der Waals surface area contributed by atoms with Crippen LogP contribution < -0.4 is 4.90 Å². The normalized spacial score (nSPS) is 25.9. The topological polar surface area (TPSA) is 86.7 Å². The lowest BCUT2D eigenvalue weighted by atomic mass is 10.2. The van der Waals surface area contributed by atoms with Crippen LogP contribution in [-0.4, -0.2) is 72.8 Å². The first-order chi connectivity index (χ1) is 14.0. The Kier molecular flexibility index (Phi) is 4.51. The van der Waals surface area contributed by atoms with E-state index >= 15 is 0 Å². The van der Waals surface area contributed by atoms with Gasteiger partial charge in [-0.15, -0.1) is 0 Å². The molecule has 0 bridgehead atoms. The highest BCUT2D eigenvalue weighted by atomic mass is 32.2. The van der Waals surface area contributed by atoms with Gasteiger partial charge < -0.3 is 4.90 Å². The summed E-state index contributed by atoms with van der Waals surface area (Å²) in [6, 6.07) is 8.29. The molecule has 1 aromatic carbocycles. The zero-order chi connectivity index (χ0) is 20.0. The molecule has 1 saturated carbocycles. The van der Waals surface area contributed by atoms with Gasteiger partial charge in [0.2, 0.25) is 5.95 Å². The van der Waals surface area contributed by atoms with Crippen LogP contribution in [0.1, 0.15) is 16.8 Å². The van der Waals surface area contributed by atoms with Crippen LogP contribution in [0.3, 0.4) is 0 Å². The van der Waals surface area contributed by atoms with E-state index in [9.17, 15) is 13.2 Å². The number of fused-ring (bicyclic) bond motifs is 1. The molecule has 1 amide bonds. The minimum absolute atomic E-state index is 0.140. The van der Waals surface area contributed by atoms with Gasteiger partial charge in [-0.1, -0.05) is 12.1 Å². The second-order valence-corrected chi connectivity index (χ2v) is 9.76. The average molecular weight is 414 g/mol. The van der Waals surface area contributed by atoms with E-state index in [2.05, 4.69) is 19.8 Å². The number of sulfonamides is 1. The molecule has 2 atom stereocenters. The number of piperazine rings is 1. The van der Waals surface area contributed by atoms with Crippen LogP contribution in [0.15, 0.2) is 47.6 Å². The van der Waals surface area contributed by atoms with Crippen LogP contribution in [0.4, 0.5) is 5.95 Å². The Labute approximate surface area is 170 Å². The number of hydrogen-bond donors (Lipinski definition) is 0. The van der Waals surface area contributed by atoms with Crippen LogP contribution in [-0.2, 0) is 10.0 Å². The van der Waals surface area contributed by atoms with E-state index in [0.717, 1.165) is 49.4 Å². The molecule has 29 heavy (non-hydrogen) atoms. The van der Waals surface area contributed by atoms with Gasteiger partial charge in [-0.3, -0.25) is 9.69 Å². The molecule has 8 nitrogen and oxygen atoms in total. The van der Waals surface area contributed by atoms with Crippen molar-refractivity contribution in [2.75, 3.05) is 44.2 Å². The molecule has 1 aliphatic carbocycles. The summed E-state index contributed by atoms with van der Waals surface area (Å²) in [7, 11) is -3.70. The highest BCUT2D eigenvalue weighted by Gasteiger charge is 2.47. The molecule has 5 rings (SSSR count). The summed E-state index contributed by atoms with van der Waals surface area (Å²) in [5.41, 5.74) is 0.295. The molecule has 2 aliphatic heterocycles. The fraction of sp³-hybridized carbons (Fsp3) is 0.450. The summed E-state index contributed by atoms with van der Waals surface area (Å²) < 4.78 is 26.5. The van der Waals surface area contributed by atoms with Crippen molar-refractivity contribution >= 4 is 21.9 Å². The van der Waals surface area contributed by atoms with E-state index < -0.39 is 10.0 Å². The summed E-state index contributed by atoms with van der Waals surface area (Å²) in [6.07, 6.45) is 4.49. The number of hydrogen-bond acceptors (Lipinski definition) is 7. The molecular formula is C20H23N5O3S. The zero-order valence-electron chi connectivity index (χ0n) is 16.0. The van der Waals surface area contributed by atoms with Crippen LogP contribution in [0, 0.1) is 11.8 Å². The number of aromatic nitrogens is 2. The van der Waals surface area contributed by atoms with Gasteiger partial charge in [-0.2, -0.15) is 0 Å². The summed E-state index contributed by atoms with van der Waals surface area (Å²) in [4.78, 5) is 25.9. The molecule has 0 spiro atoms. The summed E-state index contributed by atoms with van der Waals surface area (Å²) in [5, 5.41) is 0. The van der Waals surface area contributed by atoms with Crippen LogP contribution in [0.25, 0.3) is 0 Å².